The zero-order valence-corrected chi connectivity index (χ0v) is 8.17. The van der Waals surface area contributed by atoms with E-state index in [1.165, 1.54) is 0 Å². The number of esters is 1. The maximum Gasteiger partial charge on any atom is 0.309 e. The highest BCUT2D eigenvalue weighted by Crippen LogP contribution is 1.99. The van der Waals surface area contributed by atoms with Crippen molar-refractivity contribution in [2.24, 2.45) is 0 Å². The number of aliphatic hydroxyl groups is 1. The van der Waals surface area contributed by atoms with Crippen LogP contribution >= 0.6 is 0 Å². The minimum absolute atomic E-state index is 0.0865. The Labute approximate surface area is 78.6 Å². The van der Waals surface area contributed by atoms with Crippen LogP contribution in [0.5, 0.6) is 0 Å². The molecule has 0 spiro atoms. The maximum atomic E-state index is 10.9. The number of rotatable bonds is 6. The molecule has 4 nitrogen and oxygen atoms in total. The molecule has 0 atom stereocenters. The number of carbonyl (C=O) groups excluding carboxylic acids is 1. The van der Waals surface area contributed by atoms with Crippen LogP contribution in [0.25, 0.3) is 0 Å². The number of hydrogen-bond donors (Lipinski definition) is 2. The van der Waals surface area contributed by atoms with Crippen LogP contribution in [0.1, 0.15) is 20.3 Å². The zero-order valence-electron chi connectivity index (χ0n) is 8.17. The van der Waals surface area contributed by atoms with Gasteiger partial charge < -0.3 is 15.2 Å². The fourth-order valence-corrected chi connectivity index (χ4v) is 0.802. The Bertz CT molecular complexity index is 178. The highest BCUT2D eigenvalue weighted by atomic mass is 16.5. The lowest BCUT2D eigenvalue weighted by molar-refractivity contribution is -0.142. The molecule has 76 valence electrons. The van der Waals surface area contributed by atoms with Gasteiger partial charge in [-0.25, -0.2) is 0 Å². The third-order valence-corrected chi connectivity index (χ3v) is 1.33. The number of hydrogen-bond acceptors (Lipinski definition) is 4. The van der Waals surface area contributed by atoms with Crippen LogP contribution in [0.15, 0.2) is 11.8 Å². The molecule has 0 rings (SSSR count). The standard InChI is InChI=1S/C9H17NO3/c1-3-13-9(12)6-8(2)7-10-4-5-11/h7,10-11H,3-6H2,1-2H3/b8-7+. The summed E-state index contributed by atoms with van der Waals surface area (Å²) in [5.74, 6) is -0.220. The van der Waals surface area contributed by atoms with E-state index in [9.17, 15) is 4.79 Å². The van der Waals surface area contributed by atoms with Crippen molar-refractivity contribution in [3.05, 3.63) is 11.8 Å². The van der Waals surface area contributed by atoms with Gasteiger partial charge in [-0.1, -0.05) is 0 Å². The Kier molecular flexibility index (Phi) is 7.01. The number of ether oxygens (including phenoxy) is 1. The normalized spacial score (nSPS) is 11.2. The number of nitrogens with one attached hydrogen (secondary N) is 1. The van der Waals surface area contributed by atoms with Gasteiger partial charge in [0.25, 0.3) is 0 Å². The van der Waals surface area contributed by atoms with Crippen LogP contribution in [0.2, 0.25) is 0 Å². The van der Waals surface area contributed by atoms with Gasteiger partial charge in [-0.3, -0.25) is 4.79 Å². The molecule has 13 heavy (non-hydrogen) atoms. The quantitative estimate of drug-likeness (QED) is 0.467. The number of carbonyl (C=O) groups is 1. The smallest absolute Gasteiger partial charge is 0.309 e. The lowest BCUT2D eigenvalue weighted by Crippen LogP contribution is -2.12. The molecule has 0 aliphatic rings. The molecule has 0 unspecified atom stereocenters. The molecule has 0 aliphatic carbocycles. The van der Waals surface area contributed by atoms with E-state index < -0.39 is 0 Å². The molecule has 0 bridgehead atoms. The van der Waals surface area contributed by atoms with Gasteiger partial charge in [-0.15, -0.1) is 0 Å². The van der Waals surface area contributed by atoms with Gasteiger partial charge in [-0.05, 0) is 25.6 Å². The first kappa shape index (κ1) is 12.0. The van der Waals surface area contributed by atoms with Gasteiger partial charge in [0.05, 0.1) is 19.6 Å². The summed E-state index contributed by atoms with van der Waals surface area (Å²) in [6.07, 6.45) is 2.01. The van der Waals surface area contributed by atoms with Crippen molar-refractivity contribution in [3.63, 3.8) is 0 Å². The second kappa shape index (κ2) is 7.61. The van der Waals surface area contributed by atoms with Gasteiger partial charge in [-0.2, -0.15) is 0 Å². The average molecular weight is 187 g/mol. The van der Waals surface area contributed by atoms with E-state index in [-0.39, 0.29) is 12.6 Å². The first-order valence-corrected chi connectivity index (χ1v) is 4.36. The van der Waals surface area contributed by atoms with Crippen LogP contribution in [0, 0.1) is 0 Å². The van der Waals surface area contributed by atoms with Crippen molar-refractivity contribution in [1.82, 2.24) is 5.32 Å². The Hall–Kier alpha value is -1.03. The van der Waals surface area contributed by atoms with E-state index in [2.05, 4.69) is 5.32 Å². The van der Waals surface area contributed by atoms with Crippen molar-refractivity contribution < 1.29 is 14.6 Å². The van der Waals surface area contributed by atoms with E-state index in [0.29, 0.717) is 19.6 Å². The van der Waals surface area contributed by atoms with Crippen LogP contribution in [-0.4, -0.2) is 30.8 Å². The summed E-state index contributed by atoms with van der Waals surface area (Å²) in [5, 5.41) is 11.3. The molecule has 0 saturated carbocycles. The zero-order chi connectivity index (χ0) is 10.1. The monoisotopic (exact) mass is 187 g/mol. The van der Waals surface area contributed by atoms with Crippen LogP contribution < -0.4 is 5.32 Å². The Morgan fingerprint density at radius 3 is 2.85 bits per heavy atom. The molecule has 0 saturated heterocycles. The molecule has 0 radical (unpaired) electrons. The van der Waals surface area contributed by atoms with Crippen molar-refractivity contribution >= 4 is 5.97 Å². The summed E-state index contributed by atoms with van der Waals surface area (Å²) in [6, 6.07) is 0. The second-order valence-electron chi connectivity index (χ2n) is 2.65. The Morgan fingerprint density at radius 2 is 2.31 bits per heavy atom. The fraction of sp³-hybridized carbons (Fsp3) is 0.667. The van der Waals surface area contributed by atoms with E-state index in [1.54, 1.807) is 13.1 Å². The van der Waals surface area contributed by atoms with E-state index >= 15 is 0 Å². The van der Waals surface area contributed by atoms with Gasteiger partial charge in [0.1, 0.15) is 0 Å². The molecule has 0 fully saturated rings. The maximum absolute atomic E-state index is 10.9. The van der Waals surface area contributed by atoms with E-state index in [0.717, 1.165) is 5.57 Å². The summed E-state index contributed by atoms with van der Waals surface area (Å²) in [4.78, 5) is 10.9. The number of aliphatic hydroxyl groups excluding tert-OH is 1. The minimum Gasteiger partial charge on any atom is -0.466 e. The summed E-state index contributed by atoms with van der Waals surface area (Å²) in [7, 11) is 0. The molecule has 0 aliphatic heterocycles. The van der Waals surface area contributed by atoms with Gasteiger partial charge in [0, 0.05) is 6.54 Å². The highest BCUT2D eigenvalue weighted by Gasteiger charge is 2.01. The van der Waals surface area contributed by atoms with Crippen molar-refractivity contribution in [2.75, 3.05) is 19.8 Å². The van der Waals surface area contributed by atoms with Crippen molar-refractivity contribution in [2.45, 2.75) is 20.3 Å². The predicted molar refractivity (Wildman–Crippen MR) is 50.1 cm³/mol. The molecule has 0 aromatic carbocycles. The average Bonchev–Trinajstić information content (AvgIpc) is 2.05. The molecule has 0 aromatic heterocycles. The van der Waals surface area contributed by atoms with Crippen molar-refractivity contribution in [1.29, 1.82) is 0 Å². The predicted octanol–water partition coefficient (Wildman–Crippen LogP) is 0.425. The molecule has 0 heterocycles. The summed E-state index contributed by atoms with van der Waals surface area (Å²) >= 11 is 0. The molecule has 2 N–H and O–H groups in total. The SMILES string of the molecule is CCOC(=O)C/C(C)=C/NCCO. The Balaban J connectivity index is 3.64. The first-order valence-electron chi connectivity index (χ1n) is 4.36. The first-order chi connectivity index (χ1) is 6.20. The summed E-state index contributed by atoms with van der Waals surface area (Å²) in [6.45, 7) is 4.61. The minimum atomic E-state index is -0.220. The summed E-state index contributed by atoms with van der Waals surface area (Å²) < 4.78 is 4.76. The largest absolute Gasteiger partial charge is 0.466 e. The lowest BCUT2D eigenvalue weighted by Gasteiger charge is -2.02. The molecule has 0 amide bonds. The molecular weight excluding hydrogens is 170 g/mol. The van der Waals surface area contributed by atoms with Crippen molar-refractivity contribution in [3.8, 4) is 0 Å². The van der Waals surface area contributed by atoms with Gasteiger partial charge >= 0.3 is 5.97 Å². The molecule has 4 heteroatoms. The van der Waals surface area contributed by atoms with Crippen LogP contribution in [0.3, 0.4) is 0 Å². The summed E-state index contributed by atoms with van der Waals surface area (Å²) in [5.41, 5.74) is 0.895. The fourth-order valence-electron chi connectivity index (χ4n) is 0.802. The van der Waals surface area contributed by atoms with Gasteiger partial charge in [0.15, 0.2) is 0 Å². The van der Waals surface area contributed by atoms with E-state index in [1.807, 2.05) is 6.92 Å². The Morgan fingerprint density at radius 1 is 1.62 bits per heavy atom. The van der Waals surface area contributed by atoms with Crippen LogP contribution in [-0.2, 0) is 9.53 Å². The molecule has 0 aromatic rings. The van der Waals surface area contributed by atoms with E-state index in [4.69, 9.17) is 9.84 Å². The third kappa shape index (κ3) is 7.33. The molecular formula is C9H17NO3. The topological polar surface area (TPSA) is 58.6 Å². The van der Waals surface area contributed by atoms with Gasteiger partial charge in [0.2, 0.25) is 0 Å². The second-order valence-corrected chi connectivity index (χ2v) is 2.65. The van der Waals surface area contributed by atoms with Crippen LogP contribution in [0.4, 0.5) is 0 Å². The highest BCUT2D eigenvalue weighted by molar-refractivity contribution is 5.72. The third-order valence-electron chi connectivity index (χ3n) is 1.33. The lowest BCUT2D eigenvalue weighted by atomic mass is 10.2.